The predicted octanol–water partition coefficient (Wildman–Crippen LogP) is 1.07. The number of rotatable bonds is 3. The smallest absolute Gasteiger partial charge is 0.0218 e. The molecule has 1 heterocycles. The van der Waals surface area contributed by atoms with Gasteiger partial charge in [0.15, 0.2) is 0 Å². The maximum absolute atomic E-state index is 5.66. The fraction of sp³-hybridized carbons (Fsp3) is 1.00. The lowest BCUT2D eigenvalue weighted by Gasteiger charge is -2.24. The summed E-state index contributed by atoms with van der Waals surface area (Å²) in [6.45, 7) is 7.87. The van der Waals surface area contributed by atoms with Gasteiger partial charge < -0.3 is 5.73 Å². The third-order valence-electron chi connectivity index (χ3n) is 2.37. The van der Waals surface area contributed by atoms with Gasteiger partial charge in [0.25, 0.3) is 0 Å². The average molecular weight is 156 g/mol. The summed E-state index contributed by atoms with van der Waals surface area (Å²) in [5.41, 5.74) is 5.66. The fourth-order valence-corrected chi connectivity index (χ4v) is 1.87. The molecule has 1 aliphatic rings. The first-order valence-electron chi connectivity index (χ1n) is 4.68. The van der Waals surface area contributed by atoms with Gasteiger partial charge in [-0.1, -0.05) is 13.8 Å². The molecule has 0 saturated carbocycles. The molecule has 0 aliphatic carbocycles. The second-order valence-corrected chi connectivity index (χ2v) is 3.92. The topological polar surface area (TPSA) is 29.3 Å². The van der Waals surface area contributed by atoms with Crippen LogP contribution in [-0.4, -0.2) is 30.6 Å². The molecule has 0 spiro atoms. The standard InChI is InChI=1S/C9H20N2/c1-8(2)7-11-5-3-4-9(11)6-10/h8-9H,3-7,10H2,1-2H3. The van der Waals surface area contributed by atoms with Crippen LogP contribution in [0.25, 0.3) is 0 Å². The average Bonchev–Trinajstić information content (AvgIpc) is 2.34. The van der Waals surface area contributed by atoms with Gasteiger partial charge >= 0.3 is 0 Å². The summed E-state index contributed by atoms with van der Waals surface area (Å²) in [5, 5.41) is 0. The molecule has 0 aromatic rings. The molecule has 0 aromatic carbocycles. The van der Waals surface area contributed by atoms with E-state index in [0.29, 0.717) is 6.04 Å². The van der Waals surface area contributed by atoms with E-state index in [4.69, 9.17) is 5.73 Å². The van der Waals surface area contributed by atoms with Crippen molar-refractivity contribution in [3.63, 3.8) is 0 Å². The lowest BCUT2D eigenvalue weighted by molar-refractivity contribution is 0.231. The van der Waals surface area contributed by atoms with Gasteiger partial charge in [0.1, 0.15) is 0 Å². The van der Waals surface area contributed by atoms with Crippen LogP contribution in [0.2, 0.25) is 0 Å². The normalized spacial score (nSPS) is 26.7. The van der Waals surface area contributed by atoms with E-state index >= 15 is 0 Å². The van der Waals surface area contributed by atoms with E-state index in [1.165, 1.54) is 25.9 Å². The summed E-state index contributed by atoms with van der Waals surface area (Å²) >= 11 is 0. The Balaban J connectivity index is 2.31. The molecule has 0 amide bonds. The minimum absolute atomic E-state index is 0.678. The Morgan fingerprint density at radius 3 is 2.82 bits per heavy atom. The molecule has 0 bridgehead atoms. The van der Waals surface area contributed by atoms with Crippen molar-refractivity contribution in [2.75, 3.05) is 19.6 Å². The highest BCUT2D eigenvalue weighted by Gasteiger charge is 2.22. The van der Waals surface area contributed by atoms with Gasteiger partial charge in [-0.2, -0.15) is 0 Å². The second-order valence-electron chi connectivity index (χ2n) is 3.92. The molecule has 1 unspecified atom stereocenters. The van der Waals surface area contributed by atoms with Crippen molar-refractivity contribution in [1.82, 2.24) is 4.90 Å². The van der Waals surface area contributed by atoms with Crippen molar-refractivity contribution < 1.29 is 0 Å². The number of hydrogen-bond donors (Lipinski definition) is 1. The number of nitrogens with two attached hydrogens (primary N) is 1. The third-order valence-corrected chi connectivity index (χ3v) is 2.37. The van der Waals surface area contributed by atoms with E-state index in [9.17, 15) is 0 Å². The van der Waals surface area contributed by atoms with Crippen molar-refractivity contribution in [3.05, 3.63) is 0 Å². The van der Waals surface area contributed by atoms with E-state index in [1.807, 2.05) is 0 Å². The van der Waals surface area contributed by atoms with Gasteiger partial charge in [-0.25, -0.2) is 0 Å². The molecule has 0 aromatic heterocycles. The van der Waals surface area contributed by atoms with E-state index in [2.05, 4.69) is 18.7 Å². The fourth-order valence-electron chi connectivity index (χ4n) is 1.87. The molecule has 1 fully saturated rings. The van der Waals surface area contributed by atoms with Crippen LogP contribution in [0.1, 0.15) is 26.7 Å². The number of nitrogens with zero attached hydrogens (tertiary/aromatic N) is 1. The van der Waals surface area contributed by atoms with Crippen LogP contribution in [-0.2, 0) is 0 Å². The second kappa shape index (κ2) is 4.07. The van der Waals surface area contributed by atoms with Crippen molar-refractivity contribution in [2.24, 2.45) is 11.7 Å². The first kappa shape index (κ1) is 9.01. The molecule has 1 saturated heterocycles. The monoisotopic (exact) mass is 156 g/mol. The van der Waals surface area contributed by atoms with E-state index in [-0.39, 0.29) is 0 Å². The Morgan fingerprint density at radius 2 is 2.27 bits per heavy atom. The third kappa shape index (κ3) is 2.46. The van der Waals surface area contributed by atoms with Crippen molar-refractivity contribution in [3.8, 4) is 0 Å². The highest BCUT2D eigenvalue weighted by atomic mass is 15.2. The Labute approximate surface area is 69.8 Å². The van der Waals surface area contributed by atoms with E-state index in [1.54, 1.807) is 0 Å². The van der Waals surface area contributed by atoms with Gasteiger partial charge in [-0.05, 0) is 25.3 Å². The summed E-state index contributed by atoms with van der Waals surface area (Å²) in [7, 11) is 0. The molecule has 2 N–H and O–H groups in total. The van der Waals surface area contributed by atoms with Crippen LogP contribution in [0.3, 0.4) is 0 Å². The zero-order valence-electron chi connectivity index (χ0n) is 7.71. The van der Waals surface area contributed by atoms with Gasteiger partial charge in [0.05, 0.1) is 0 Å². The molecule has 11 heavy (non-hydrogen) atoms. The minimum atomic E-state index is 0.678. The molecular formula is C9H20N2. The quantitative estimate of drug-likeness (QED) is 0.662. The molecule has 0 radical (unpaired) electrons. The van der Waals surface area contributed by atoms with E-state index in [0.717, 1.165) is 12.5 Å². The number of likely N-dealkylation sites (tertiary alicyclic amines) is 1. The molecule has 2 heteroatoms. The first-order valence-corrected chi connectivity index (χ1v) is 4.68. The Kier molecular flexibility index (Phi) is 3.34. The minimum Gasteiger partial charge on any atom is -0.329 e. The van der Waals surface area contributed by atoms with Crippen LogP contribution >= 0.6 is 0 Å². The highest BCUT2D eigenvalue weighted by molar-refractivity contribution is 4.79. The van der Waals surface area contributed by atoms with Crippen LogP contribution in [0, 0.1) is 5.92 Å². The molecule has 1 rings (SSSR count). The molecule has 66 valence electrons. The lowest BCUT2D eigenvalue weighted by Crippen LogP contribution is -2.37. The van der Waals surface area contributed by atoms with Crippen LogP contribution in [0.4, 0.5) is 0 Å². The Hall–Kier alpha value is -0.0800. The predicted molar refractivity (Wildman–Crippen MR) is 48.5 cm³/mol. The van der Waals surface area contributed by atoms with Gasteiger partial charge in [0, 0.05) is 19.1 Å². The Bertz CT molecular complexity index is 112. The Morgan fingerprint density at radius 1 is 1.55 bits per heavy atom. The largest absolute Gasteiger partial charge is 0.329 e. The lowest BCUT2D eigenvalue weighted by atomic mass is 10.2. The van der Waals surface area contributed by atoms with Crippen LogP contribution in [0.15, 0.2) is 0 Å². The highest BCUT2D eigenvalue weighted by Crippen LogP contribution is 2.17. The zero-order chi connectivity index (χ0) is 8.27. The van der Waals surface area contributed by atoms with Crippen LogP contribution < -0.4 is 5.73 Å². The zero-order valence-corrected chi connectivity index (χ0v) is 7.71. The molecular weight excluding hydrogens is 136 g/mol. The molecule has 1 aliphatic heterocycles. The summed E-state index contributed by atoms with van der Waals surface area (Å²) in [4.78, 5) is 2.53. The van der Waals surface area contributed by atoms with Gasteiger partial charge in [-0.15, -0.1) is 0 Å². The first-order chi connectivity index (χ1) is 5.24. The van der Waals surface area contributed by atoms with Crippen molar-refractivity contribution in [1.29, 1.82) is 0 Å². The number of hydrogen-bond acceptors (Lipinski definition) is 2. The summed E-state index contributed by atoms with van der Waals surface area (Å²) < 4.78 is 0. The van der Waals surface area contributed by atoms with Crippen molar-refractivity contribution in [2.45, 2.75) is 32.7 Å². The van der Waals surface area contributed by atoms with Gasteiger partial charge in [-0.3, -0.25) is 4.90 Å². The maximum Gasteiger partial charge on any atom is 0.0218 e. The SMILES string of the molecule is CC(C)CN1CCCC1CN. The van der Waals surface area contributed by atoms with E-state index < -0.39 is 0 Å². The van der Waals surface area contributed by atoms with Crippen LogP contribution in [0.5, 0.6) is 0 Å². The maximum atomic E-state index is 5.66. The van der Waals surface area contributed by atoms with Crippen molar-refractivity contribution >= 4 is 0 Å². The van der Waals surface area contributed by atoms with Gasteiger partial charge in [0.2, 0.25) is 0 Å². The summed E-state index contributed by atoms with van der Waals surface area (Å²) in [6.07, 6.45) is 2.65. The summed E-state index contributed by atoms with van der Waals surface area (Å²) in [5.74, 6) is 0.780. The summed E-state index contributed by atoms with van der Waals surface area (Å²) in [6, 6.07) is 0.678. The molecule has 1 atom stereocenters. The molecule has 2 nitrogen and oxygen atoms in total.